The summed E-state index contributed by atoms with van der Waals surface area (Å²) in [7, 11) is 0. The maximum atomic E-state index is 6.74. The Morgan fingerprint density at radius 3 is 2.09 bits per heavy atom. The molecule has 11 aromatic rings. The van der Waals surface area contributed by atoms with Crippen LogP contribution in [0.15, 0.2) is 168 Å². The molecule has 3 aromatic heterocycles. The SMILES string of the molecule is C1=C(c2nc(-c3cccc4c3oc3cc5ccccc5cc34)nc(-n3c4ccccc4c4c5ccccc5ccc43)n2)CCc2cccc(-c3ccccc3)c21. The van der Waals surface area contributed by atoms with Crippen LogP contribution in [0, 0.1) is 0 Å². The fourth-order valence-corrected chi connectivity index (χ4v) is 8.91. The Balaban J connectivity index is 1.14. The first-order valence-electron chi connectivity index (χ1n) is 19.2. The van der Waals surface area contributed by atoms with E-state index in [2.05, 4.69) is 174 Å². The number of fused-ring (bicyclic) bond motifs is 10. The number of aromatic nitrogens is 4. The zero-order chi connectivity index (χ0) is 36.7. The van der Waals surface area contributed by atoms with Gasteiger partial charge in [-0.3, -0.25) is 4.57 Å². The lowest BCUT2D eigenvalue weighted by molar-refractivity contribution is 0.670. The molecule has 262 valence electrons. The van der Waals surface area contributed by atoms with Gasteiger partial charge in [0.25, 0.3) is 0 Å². The largest absolute Gasteiger partial charge is 0.455 e. The van der Waals surface area contributed by atoms with Crippen LogP contribution < -0.4 is 0 Å². The van der Waals surface area contributed by atoms with Crippen LogP contribution in [-0.2, 0) is 6.42 Å². The van der Waals surface area contributed by atoms with E-state index in [-0.39, 0.29) is 0 Å². The summed E-state index contributed by atoms with van der Waals surface area (Å²) >= 11 is 0. The highest BCUT2D eigenvalue weighted by Gasteiger charge is 2.24. The number of nitrogens with zero attached hydrogens (tertiary/aromatic N) is 4. The Morgan fingerprint density at radius 1 is 0.482 bits per heavy atom. The number of hydrogen-bond donors (Lipinski definition) is 0. The third kappa shape index (κ3) is 4.71. The highest BCUT2D eigenvalue weighted by Crippen LogP contribution is 2.41. The number of para-hydroxylation sites is 2. The third-order valence-corrected chi connectivity index (χ3v) is 11.5. The summed E-state index contributed by atoms with van der Waals surface area (Å²) in [5.74, 6) is 1.83. The molecule has 0 fully saturated rings. The molecule has 8 aromatic carbocycles. The zero-order valence-corrected chi connectivity index (χ0v) is 30.3. The van der Waals surface area contributed by atoms with Crippen molar-refractivity contribution in [3.05, 3.63) is 181 Å². The van der Waals surface area contributed by atoms with Gasteiger partial charge < -0.3 is 4.42 Å². The molecule has 1 aliphatic rings. The van der Waals surface area contributed by atoms with E-state index in [0.717, 1.165) is 67.7 Å². The summed E-state index contributed by atoms with van der Waals surface area (Å²) in [5.41, 5.74) is 10.6. The predicted molar refractivity (Wildman–Crippen MR) is 230 cm³/mol. The van der Waals surface area contributed by atoms with Crippen LogP contribution in [-0.4, -0.2) is 19.5 Å². The van der Waals surface area contributed by atoms with Gasteiger partial charge in [-0.25, -0.2) is 4.98 Å². The van der Waals surface area contributed by atoms with Gasteiger partial charge in [0.15, 0.2) is 11.6 Å². The molecule has 0 N–H and O–H groups in total. The fourth-order valence-electron chi connectivity index (χ4n) is 8.91. The highest BCUT2D eigenvalue weighted by molar-refractivity contribution is 6.21. The standard InChI is InChI=1S/C51H32N4O/c1-2-12-31(13-3-1)37-20-10-17-33-24-25-36(29-42(33)37)49-52-50(41-22-11-21-39-43-28-34-15-4-5-16-35(34)30-46(43)56-48(39)41)54-51(53-49)55-44-23-9-8-19-40(44)47-38-18-7-6-14-32(38)26-27-45(47)55/h1-23,26-30H,24-25H2. The number of hydrogen-bond acceptors (Lipinski definition) is 4. The number of rotatable bonds is 4. The number of aryl methyl sites for hydroxylation is 1. The Kier molecular flexibility index (Phi) is 6.69. The van der Waals surface area contributed by atoms with Crippen molar-refractivity contribution in [2.24, 2.45) is 0 Å². The molecule has 0 spiro atoms. The zero-order valence-electron chi connectivity index (χ0n) is 30.3. The van der Waals surface area contributed by atoms with E-state index in [1.54, 1.807) is 0 Å². The molecule has 0 unspecified atom stereocenters. The summed E-state index contributed by atoms with van der Waals surface area (Å²) < 4.78 is 8.95. The van der Waals surface area contributed by atoms with Crippen molar-refractivity contribution in [2.45, 2.75) is 12.8 Å². The van der Waals surface area contributed by atoms with E-state index in [1.807, 2.05) is 0 Å². The molecule has 0 amide bonds. The molecule has 1 aliphatic carbocycles. The summed E-state index contributed by atoms with van der Waals surface area (Å²) in [6.45, 7) is 0. The Hall–Kier alpha value is -7.37. The van der Waals surface area contributed by atoms with Crippen LogP contribution in [0.25, 0.3) is 105 Å². The predicted octanol–water partition coefficient (Wildman–Crippen LogP) is 13.0. The van der Waals surface area contributed by atoms with Crippen molar-refractivity contribution in [1.29, 1.82) is 0 Å². The van der Waals surface area contributed by atoms with Crippen molar-refractivity contribution in [2.75, 3.05) is 0 Å². The molecular formula is C51H32N4O. The molecule has 5 nitrogen and oxygen atoms in total. The number of allylic oxidation sites excluding steroid dienone is 1. The Labute approximate surface area is 321 Å². The van der Waals surface area contributed by atoms with Crippen LogP contribution in [0.1, 0.15) is 23.4 Å². The molecule has 0 atom stereocenters. The van der Waals surface area contributed by atoms with Gasteiger partial charge in [-0.2, -0.15) is 9.97 Å². The third-order valence-electron chi connectivity index (χ3n) is 11.5. The second kappa shape index (κ2) is 12.1. The van der Waals surface area contributed by atoms with Crippen LogP contribution >= 0.6 is 0 Å². The van der Waals surface area contributed by atoms with Crippen molar-refractivity contribution in [3.8, 4) is 28.5 Å². The van der Waals surface area contributed by atoms with E-state index in [9.17, 15) is 0 Å². The maximum Gasteiger partial charge on any atom is 0.238 e. The minimum atomic E-state index is 0.577. The topological polar surface area (TPSA) is 56.7 Å². The molecular weight excluding hydrogens is 685 g/mol. The Bertz CT molecular complexity index is 3430. The van der Waals surface area contributed by atoms with Crippen LogP contribution in [0.4, 0.5) is 0 Å². The van der Waals surface area contributed by atoms with Gasteiger partial charge in [0.05, 0.1) is 16.6 Å². The van der Waals surface area contributed by atoms with E-state index in [0.29, 0.717) is 17.6 Å². The lowest BCUT2D eigenvalue weighted by Gasteiger charge is -2.20. The average molecular weight is 717 g/mol. The van der Waals surface area contributed by atoms with Gasteiger partial charge in [0, 0.05) is 21.5 Å². The molecule has 0 saturated carbocycles. The lowest BCUT2D eigenvalue weighted by atomic mass is 9.86. The van der Waals surface area contributed by atoms with E-state index >= 15 is 0 Å². The van der Waals surface area contributed by atoms with Gasteiger partial charge in [-0.15, -0.1) is 0 Å². The van der Waals surface area contributed by atoms with Crippen molar-refractivity contribution in [3.63, 3.8) is 0 Å². The summed E-state index contributed by atoms with van der Waals surface area (Å²) in [5, 5.41) is 9.18. The molecule has 12 rings (SSSR count). The van der Waals surface area contributed by atoms with E-state index < -0.39 is 0 Å². The lowest BCUT2D eigenvalue weighted by Crippen LogP contribution is -2.10. The average Bonchev–Trinajstić information content (AvgIpc) is 3.81. The van der Waals surface area contributed by atoms with Crippen LogP contribution in [0.5, 0.6) is 0 Å². The van der Waals surface area contributed by atoms with Gasteiger partial charge in [0.2, 0.25) is 5.95 Å². The molecule has 5 heteroatoms. The normalized spacial score (nSPS) is 13.0. The van der Waals surface area contributed by atoms with Crippen molar-refractivity contribution >= 4 is 76.9 Å². The van der Waals surface area contributed by atoms with Gasteiger partial charge in [0.1, 0.15) is 11.2 Å². The van der Waals surface area contributed by atoms with Crippen molar-refractivity contribution < 1.29 is 4.42 Å². The minimum absolute atomic E-state index is 0.577. The first-order valence-corrected chi connectivity index (χ1v) is 19.2. The molecule has 0 aliphatic heterocycles. The quantitative estimate of drug-likeness (QED) is 0.182. The van der Waals surface area contributed by atoms with Gasteiger partial charge in [-0.1, -0.05) is 133 Å². The molecule has 0 bridgehead atoms. The second-order valence-corrected chi connectivity index (χ2v) is 14.7. The molecule has 3 heterocycles. The van der Waals surface area contributed by atoms with Crippen LogP contribution in [0.3, 0.4) is 0 Å². The molecule has 0 radical (unpaired) electrons. The monoisotopic (exact) mass is 716 g/mol. The fraction of sp³-hybridized carbons (Fsp3) is 0.0392. The Morgan fingerprint density at radius 2 is 1.20 bits per heavy atom. The highest BCUT2D eigenvalue weighted by atomic mass is 16.3. The van der Waals surface area contributed by atoms with E-state index in [1.165, 1.54) is 43.8 Å². The molecule has 0 saturated heterocycles. The first-order chi connectivity index (χ1) is 27.7. The smallest absolute Gasteiger partial charge is 0.238 e. The number of furan rings is 1. The van der Waals surface area contributed by atoms with Gasteiger partial charge >= 0.3 is 0 Å². The summed E-state index contributed by atoms with van der Waals surface area (Å²) in [6.07, 6.45) is 4.01. The second-order valence-electron chi connectivity index (χ2n) is 14.7. The number of benzene rings is 8. The first kappa shape index (κ1) is 31.0. The molecule has 56 heavy (non-hydrogen) atoms. The summed E-state index contributed by atoms with van der Waals surface area (Å²) in [4.78, 5) is 16.1. The summed E-state index contributed by atoms with van der Waals surface area (Å²) in [6, 6.07) is 57.9. The van der Waals surface area contributed by atoms with Gasteiger partial charge in [-0.05, 0) is 98.6 Å². The van der Waals surface area contributed by atoms with Crippen LogP contribution in [0.2, 0.25) is 0 Å². The maximum absolute atomic E-state index is 6.74. The van der Waals surface area contributed by atoms with Crippen molar-refractivity contribution in [1.82, 2.24) is 19.5 Å². The van der Waals surface area contributed by atoms with E-state index in [4.69, 9.17) is 19.4 Å². The minimum Gasteiger partial charge on any atom is -0.455 e.